The lowest BCUT2D eigenvalue weighted by Crippen LogP contribution is -2.34. The normalized spacial score (nSPS) is 22.2. The van der Waals surface area contributed by atoms with Crippen molar-refractivity contribution in [2.75, 3.05) is 18.6 Å². The summed E-state index contributed by atoms with van der Waals surface area (Å²) in [6, 6.07) is 6.14. The molecule has 0 amide bonds. The van der Waals surface area contributed by atoms with Gasteiger partial charge in [0.1, 0.15) is 6.10 Å². The fourth-order valence-corrected chi connectivity index (χ4v) is 4.49. The molecule has 0 radical (unpaired) electrons. The van der Waals surface area contributed by atoms with Crippen molar-refractivity contribution in [2.24, 2.45) is 5.73 Å². The minimum Gasteiger partial charge on any atom is -0.493 e. The molecule has 1 heterocycles. The van der Waals surface area contributed by atoms with Crippen molar-refractivity contribution in [3.8, 4) is 11.5 Å². The lowest BCUT2D eigenvalue weighted by molar-refractivity contribution is 0.179. The number of thioether (sulfide) groups is 1. The van der Waals surface area contributed by atoms with Crippen LogP contribution in [0.1, 0.15) is 44.1 Å². The van der Waals surface area contributed by atoms with Crippen molar-refractivity contribution in [2.45, 2.75) is 50.2 Å². The Bertz CT molecular complexity index is 480. The van der Waals surface area contributed by atoms with E-state index in [2.05, 4.69) is 6.07 Å². The van der Waals surface area contributed by atoms with Gasteiger partial charge in [0.05, 0.1) is 7.11 Å². The van der Waals surface area contributed by atoms with Crippen molar-refractivity contribution in [3.63, 3.8) is 0 Å². The second-order valence-electron chi connectivity index (χ2n) is 6.13. The molecule has 1 saturated heterocycles. The van der Waals surface area contributed by atoms with E-state index < -0.39 is 0 Å². The summed E-state index contributed by atoms with van der Waals surface area (Å²) in [7, 11) is 1.71. The van der Waals surface area contributed by atoms with Crippen LogP contribution >= 0.6 is 11.8 Å². The number of ether oxygens (including phenoxy) is 2. The highest BCUT2D eigenvalue weighted by molar-refractivity contribution is 7.99. The van der Waals surface area contributed by atoms with Crippen LogP contribution in [-0.4, -0.2) is 24.7 Å². The number of benzene rings is 1. The molecule has 1 aliphatic heterocycles. The van der Waals surface area contributed by atoms with Crippen molar-refractivity contribution in [1.82, 2.24) is 0 Å². The summed E-state index contributed by atoms with van der Waals surface area (Å²) in [6.07, 6.45) is 7.00. The quantitative estimate of drug-likeness (QED) is 0.921. The van der Waals surface area contributed by atoms with E-state index in [1.165, 1.54) is 24.3 Å². The van der Waals surface area contributed by atoms with Gasteiger partial charge >= 0.3 is 0 Å². The molecule has 1 aliphatic carbocycles. The molecule has 3 rings (SSSR count). The zero-order valence-corrected chi connectivity index (χ0v) is 13.6. The molecule has 116 valence electrons. The van der Waals surface area contributed by atoms with Crippen LogP contribution in [0.2, 0.25) is 0 Å². The monoisotopic (exact) mass is 307 g/mol. The molecule has 0 atom stereocenters. The van der Waals surface area contributed by atoms with Crippen LogP contribution in [0, 0.1) is 0 Å². The average Bonchev–Trinajstić information content (AvgIpc) is 2.96. The van der Waals surface area contributed by atoms with Gasteiger partial charge in [-0.2, -0.15) is 11.8 Å². The first-order chi connectivity index (χ1) is 10.2. The third-order valence-electron chi connectivity index (χ3n) is 4.68. The summed E-state index contributed by atoms with van der Waals surface area (Å²) in [5, 5.41) is 0. The molecule has 0 spiro atoms. The van der Waals surface area contributed by atoms with Crippen LogP contribution in [0.4, 0.5) is 0 Å². The highest BCUT2D eigenvalue weighted by Crippen LogP contribution is 2.45. The van der Waals surface area contributed by atoms with E-state index in [1.807, 2.05) is 23.9 Å². The van der Waals surface area contributed by atoms with Gasteiger partial charge in [-0.05, 0) is 43.3 Å². The van der Waals surface area contributed by atoms with E-state index in [9.17, 15) is 0 Å². The number of rotatable bonds is 4. The second-order valence-corrected chi connectivity index (χ2v) is 7.35. The predicted molar refractivity (Wildman–Crippen MR) is 88.3 cm³/mol. The van der Waals surface area contributed by atoms with Crippen LogP contribution < -0.4 is 15.2 Å². The molecule has 2 N–H and O–H groups in total. The maximum Gasteiger partial charge on any atom is 0.166 e. The maximum absolute atomic E-state index is 6.67. The molecule has 0 aromatic heterocycles. The molecule has 2 aliphatic rings. The van der Waals surface area contributed by atoms with E-state index in [-0.39, 0.29) is 5.54 Å². The van der Waals surface area contributed by atoms with Crippen LogP contribution in [0.3, 0.4) is 0 Å². The Morgan fingerprint density at radius 3 is 2.57 bits per heavy atom. The molecule has 21 heavy (non-hydrogen) atoms. The lowest BCUT2D eigenvalue weighted by atomic mass is 9.88. The molecule has 2 fully saturated rings. The Morgan fingerprint density at radius 1 is 1.19 bits per heavy atom. The van der Waals surface area contributed by atoms with Gasteiger partial charge in [-0.3, -0.25) is 0 Å². The van der Waals surface area contributed by atoms with Gasteiger partial charge in [-0.1, -0.05) is 25.0 Å². The van der Waals surface area contributed by atoms with Gasteiger partial charge in [0.25, 0.3) is 0 Å². The average molecular weight is 307 g/mol. The summed E-state index contributed by atoms with van der Waals surface area (Å²) >= 11 is 2.01. The van der Waals surface area contributed by atoms with E-state index in [0.717, 1.165) is 42.7 Å². The van der Waals surface area contributed by atoms with Crippen molar-refractivity contribution in [3.05, 3.63) is 23.8 Å². The van der Waals surface area contributed by atoms with Crippen molar-refractivity contribution in [1.29, 1.82) is 0 Å². The number of para-hydroxylation sites is 1. The molecular weight excluding hydrogens is 282 g/mol. The standard InChI is InChI=1S/C17H25NO2S/c1-19-15-6-4-5-14(17(18)9-2-3-10-17)16(15)20-13-7-11-21-12-8-13/h4-6,13H,2-3,7-12,18H2,1H3. The number of methoxy groups -OCH3 is 1. The first-order valence-electron chi connectivity index (χ1n) is 7.94. The summed E-state index contributed by atoms with van der Waals surface area (Å²) < 4.78 is 11.9. The molecule has 4 heteroatoms. The van der Waals surface area contributed by atoms with Gasteiger partial charge in [0.2, 0.25) is 0 Å². The van der Waals surface area contributed by atoms with Gasteiger partial charge in [-0.25, -0.2) is 0 Å². The highest BCUT2D eigenvalue weighted by atomic mass is 32.2. The summed E-state index contributed by atoms with van der Waals surface area (Å²) in [6.45, 7) is 0. The zero-order valence-electron chi connectivity index (χ0n) is 12.8. The summed E-state index contributed by atoms with van der Waals surface area (Å²) in [5.41, 5.74) is 7.56. The van der Waals surface area contributed by atoms with E-state index >= 15 is 0 Å². The Kier molecular flexibility index (Phi) is 4.65. The Morgan fingerprint density at radius 2 is 1.90 bits per heavy atom. The molecule has 0 bridgehead atoms. The topological polar surface area (TPSA) is 44.5 Å². The van der Waals surface area contributed by atoms with Gasteiger partial charge in [0.15, 0.2) is 11.5 Å². The summed E-state index contributed by atoms with van der Waals surface area (Å²) in [4.78, 5) is 0. The molecule has 1 saturated carbocycles. The van der Waals surface area contributed by atoms with Crippen LogP contribution in [0.5, 0.6) is 11.5 Å². The smallest absolute Gasteiger partial charge is 0.166 e. The van der Waals surface area contributed by atoms with Crippen molar-refractivity contribution >= 4 is 11.8 Å². The van der Waals surface area contributed by atoms with Crippen LogP contribution in [0.15, 0.2) is 18.2 Å². The molecule has 1 aromatic carbocycles. The number of hydrogen-bond donors (Lipinski definition) is 1. The Labute approximate surface area is 131 Å². The minimum absolute atomic E-state index is 0.243. The van der Waals surface area contributed by atoms with Gasteiger partial charge in [-0.15, -0.1) is 0 Å². The summed E-state index contributed by atoms with van der Waals surface area (Å²) in [5.74, 6) is 4.08. The zero-order chi connectivity index (χ0) is 14.7. The maximum atomic E-state index is 6.67. The highest BCUT2D eigenvalue weighted by Gasteiger charge is 2.35. The molecular formula is C17H25NO2S. The van der Waals surface area contributed by atoms with E-state index in [1.54, 1.807) is 7.11 Å². The number of nitrogens with two attached hydrogens (primary N) is 1. The Balaban J connectivity index is 1.91. The second kappa shape index (κ2) is 6.49. The van der Waals surface area contributed by atoms with Gasteiger partial charge in [0, 0.05) is 11.1 Å². The lowest BCUT2D eigenvalue weighted by Gasteiger charge is -2.30. The molecule has 3 nitrogen and oxygen atoms in total. The first-order valence-corrected chi connectivity index (χ1v) is 9.09. The third-order valence-corrected chi connectivity index (χ3v) is 5.73. The molecule has 1 aromatic rings. The van der Waals surface area contributed by atoms with Crippen molar-refractivity contribution < 1.29 is 9.47 Å². The SMILES string of the molecule is COc1cccc(C2(N)CCCC2)c1OC1CCSCC1. The minimum atomic E-state index is -0.243. The molecule has 0 unspecified atom stereocenters. The third kappa shape index (κ3) is 3.16. The fraction of sp³-hybridized carbons (Fsp3) is 0.647. The largest absolute Gasteiger partial charge is 0.493 e. The Hall–Kier alpha value is -0.870. The van der Waals surface area contributed by atoms with E-state index in [0.29, 0.717) is 6.10 Å². The van der Waals surface area contributed by atoms with E-state index in [4.69, 9.17) is 15.2 Å². The fourth-order valence-electron chi connectivity index (χ4n) is 3.43. The van der Waals surface area contributed by atoms with Crippen LogP contribution in [-0.2, 0) is 5.54 Å². The van der Waals surface area contributed by atoms with Gasteiger partial charge < -0.3 is 15.2 Å². The number of hydrogen-bond acceptors (Lipinski definition) is 4. The first kappa shape index (κ1) is 15.0. The van der Waals surface area contributed by atoms with Crippen LogP contribution in [0.25, 0.3) is 0 Å². The predicted octanol–water partition coefficient (Wildman–Crippen LogP) is 3.70.